The number of para-hydroxylation sites is 2. The van der Waals surface area contributed by atoms with Gasteiger partial charge in [0.1, 0.15) is 15.6 Å². The van der Waals surface area contributed by atoms with Crippen LogP contribution < -0.4 is 10.5 Å². The number of benzene rings is 1. The average Bonchev–Trinajstić information content (AvgIpc) is 2.43. The van der Waals surface area contributed by atoms with Crippen molar-refractivity contribution in [2.24, 2.45) is 0 Å². The summed E-state index contributed by atoms with van der Waals surface area (Å²) >= 11 is 0. The summed E-state index contributed by atoms with van der Waals surface area (Å²) in [5, 5.41) is 0. The molecule has 0 bridgehead atoms. The molecule has 0 fully saturated rings. The van der Waals surface area contributed by atoms with Crippen LogP contribution in [0.3, 0.4) is 0 Å². The molecule has 6 nitrogen and oxygen atoms in total. The lowest BCUT2D eigenvalue weighted by molar-refractivity contribution is -0.145. The van der Waals surface area contributed by atoms with E-state index in [9.17, 15) is 13.2 Å². The summed E-state index contributed by atoms with van der Waals surface area (Å²) in [6.07, 6.45) is 0.287. The molecule has 0 heterocycles. The van der Waals surface area contributed by atoms with Crippen molar-refractivity contribution in [2.75, 3.05) is 30.5 Å². The Morgan fingerprint density at radius 1 is 1.30 bits per heavy atom. The second-order valence-corrected chi connectivity index (χ2v) is 6.61. The van der Waals surface area contributed by atoms with E-state index >= 15 is 0 Å². The van der Waals surface area contributed by atoms with Crippen molar-refractivity contribution in [2.45, 2.75) is 13.3 Å². The first-order valence-corrected chi connectivity index (χ1v) is 8.10. The fourth-order valence-corrected chi connectivity index (χ4v) is 2.25. The number of carbonyl (C=O) groups is 1. The lowest BCUT2D eigenvalue weighted by atomic mass is 10.3. The number of ether oxygens (including phenoxy) is 2. The van der Waals surface area contributed by atoms with Crippen LogP contribution in [0.5, 0.6) is 5.75 Å². The Labute approximate surface area is 118 Å². The third-order valence-corrected chi connectivity index (χ3v) is 4.36. The molecule has 0 aliphatic carbocycles. The topological polar surface area (TPSA) is 95.7 Å². The van der Waals surface area contributed by atoms with Crippen LogP contribution in [0.1, 0.15) is 13.3 Å². The zero-order chi connectivity index (χ0) is 15.0. The van der Waals surface area contributed by atoms with Gasteiger partial charge < -0.3 is 15.2 Å². The van der Waals surface area contributed by atoms with Crippen molar-refractivity contribution >= 4 is 21.5 Å². The normalized spacial score (nSPS) is 11.1. The molecular weight excluding hydrogens is 282 g/mol. The van der Waals surface area contributed by atoms with E-state index < -0.39 is 15.8 Å². The minimum absolute atomic E-state index is 0.0171. The molecule has 0 saturated carbocycles. The van der Waals surface area contributed by atoms with E-state index in [0.717, 1.165) is 0 Å². The van der Waals surface area contributed by atoms with Gasteiger partial charge in [0, 0.05) is 5.75 Å². The Kier molecular flexibility index (Phi) is 6.30. The summed E-state index contributed by atoms with van der Waals surface area (Å²) in [5.41, 5.74) is 6.09. The van der Waals surface area contributed by atoms with Crippen LogP contribution in [-0.4, -0.2) is 39.1 Å². The first kappa shape index (κ1) is 16.3. The van der Waals surface area contributed by atoms with Crippen LogP contribution in [0, 0.1) is 0 Å². The number of hydrogen-bond donors (Lipinski definition) is 1. The maximum atomic E-state index is 11.4. The van der Waals surface area contributed by atoms with Crippen LogP contribution in [0.4, 0.5) is 5.69 Å². The molecule has 0 aliphatic rings. The summed E-state index contributed by atoms with van der Waals surface area (Å²) in [7, 11) is -3.02. The molecule has 1 aromatic carbocycles. The second kappa shape index (κ2) is 7.74. The predicted octanol–water partition coefficient (Wildman–Crippen LogP) is 1.02. The fraction of sp³-hybridized carbons (Fsp3) is 0.462. The summed E-state index contributed by atoms with van der Waals surface area (Å²) in [4.78, 5) is 11.4. The van der Waals surface area contributed by atoms with E-state index in [2.05, 4.69) is 0 Å². The highest BCUT2D eigenvalue weighted by Gasteiger charge is 2.09. The molecule has 112 valence electrons. The largest absolute Gasteiger partial charge is 0.480 e. The Morgan fingerprint density at radius 3 is 2.65 bits per heavy atom. The number of sulfone groups is 1. The minimum atomic E-state index is -3.02. The fourth-order valence-electron chi connectivity index (χ4n) is 1.40. The lowest BCUT2D eigenvalue weighted by Crippen LogP contribution is -2.18. The van der Waals surface area contributed by atoms with Gasteiger partial charge in [0.15, 0.2) is 6.61 Å². The van der Waals surface area contributed by atoms with Gasteiger partial charge in [0.05, 0.1) is 18.0 Å². The molecule has 0 atom stereocenters. The molecule has 20 heavy (non-hydrogen) atoms. The summed E-state index contributed by atoms with van der Waals surface area (Å²) in [5.74, 6) is -0.0270. The Balaban J connectivity index is 2.23. The van der Waals surface area contributed by atoms with Gasteiger partial charge in [-0.2, -0.15) is 0 Å². The Morgan fingerprint density at radius 2 is 2.00 bits per heavy atom. The lowest BCUT2D eigenvalue weighted by Gasteiger charge is -2.08. The second-order valence-electron chi connectivity index (χ2n) is 4.14. The van der Waals surface area contributed by atoms with E-state index in [1.165, 1.54) is 0 Å². The van der Waals surface area contributed by atoms with Gasteiger partial charge in [-0.3, -0.25) is 0 Å². The van der Waals surface area contributed by atoms with Crippen molar-refractivity contribution in [3.63, 3.8) is 0 Å². The Hall–Kier alpha value is -1.76. The number of esters is 1. The summed E-state index contributed by atoms with van der Waals surface area (Å²) in [6, 6.07) is 6.81. The van der Waals surface area contributed by atoms with Crippen LogP contribution in [0.15, 0.2) is 24.3 Å². The van der Waals surface area contributed by atoms with Gasteiger partial charge in [-0.1, -0.05) is 19.1 Å². The minimum Gasteiger partial charge on any atom is -0.480 e. The van der Waals surface area contributed by atoms with Gasteiger partial charge in [-0.05, 0) is 18.6 Å². The van der Waals surface area contributed by atoms with Crippen LogP contribution in [0.25, 0.3) is 0 Å². The maximum absolute atomic E-state index is 11.4. The first-order chi connectivity index (χ1) is 9.44. The standard InChI is InChI=1S/C13H19NO5S/c1-2-20(16,17)9-5-8-18-13(15)10-19-12-7-4-3-6-11(12)14/h3-4,6-7H,2,5,8-10,14H2,1H3. The molecule has 0 spiro atoms. The number of rotatable bonds is 8. The van der Waals surface area contributed by atoms with Crippen molar-refractivity contribution in [1.82, 2.24) is 0 Å². The highest BCUT2D eigenvalue weighted by atomic mass is 32.2. The molecule has 0 unspecified atom stereocenters. The molecule has 0 aliphatic heterocycles. The third-order valence-electron chi connectivity index (χ3n) is 2.57. The van der Waals surface area contributed by atoms with Gasteiger partial charge >= 0.3 is 5.97 Å². The van der Waals surface area contributed by atoms with Crippen LogP contribution in [0.2, 0.25) is 0 Å². The van der Waals surface area contributed by atoms with Crippen LogP contribution >= 0.6 is 0 Å². The van der Waals surface area contributed by atoms with E-state index in [1.54, 1.807) is 31.2 Å². The first-order valence-electron chi connectivity index (χ1n) is 6.28. The average molecular weight is 301 g/mol. The molecule has 7 heteroatoms. The molecule has 0 saturated heterocycles. The summed E-state index contributed by atoms with van der Waals surface area (Å²) < 4.78 is 32.5. The van der Waals surface area contributed by atoms with E-state index in [1.807, 2.05) is 0 Å². The molecule has 2 N–H and O–H groups in total. The number of nitrogen functional groups attached to an aromatic ring is 1. The van der Waals surface area contributed by atoms with Gasteiger partial charge in [-0.25, -0.2) is 13.2 Å². The van der Waals surface area contributed by atoms with Crippen LogP contribution in [-0.2, 0) is 19.4 Å². The maximum Gasteiger partial charge on any atom is 0.344 e. The number of hydrogen-bond acceptors (Lipinski definition) is 6. The highest BCUT2D eigenvalue weighted by Crippen LogP contribution is 2.19. The van der Waals surface area contributed by atoms with Crippen molar-refractivity contribution in [3.8, 4) is 5.75 Å². The predicted molar refractivity (Wildman–Crippen MR) is 76.3 cm³/mol. The number of nitrogens with two attached hydrogens (primary N) is 1. The van der Waals surface area contributed by atoms with E-state index in [-0.39, 0.29) is 31.1 Å². The Bertz CT molecular complexity index is 541. The zero-order valence-corrected chi connectivity index (χ0v) is 12.2. The SMILES string of the molecule is CCS(=O)(=O)CCCOC(=O)COc1ccccc1N. The molecule has 0 amide bonds. The molecule has 1 rings (SSSR count). The summed E-state index contributed by atoms with van der Waals surface area (Å²) in [6.45, 7) is 1.39. The molecular formula is C13H19NO5S. The van der Waals surface area contributed by atoms with Gasteiger partial charge in [-0.15, -0.1) is 0 Å². The number of anilines is 1. The van der Waals surface area contributed by atoms with Crippen molar-refractivity contribution in [1.29, 1.82) is 0 Å². The molecule has 0 aromatic heterocycles. The highest BCUT2D eigenvalue weighted by molar-refractivity contribution is 7.91. The number of carbonyl (C=O) groups excluding carboxylic acids is 1. The monoisotopic (exact) mass is 301 g/mol. The smallest absolute Gasteiger partial charge is 0.344 e. The quantitative estimate of drug-likeness (QED) is 0.437. The zero-order valence-electron chi connectivity index (χ0n) is 11.4. The van der Waals surface area contributed by atoms with Crippen molar-refractivity contribution in [3.05, 3.63) is 24.3 Å². The van der Waals surface area contributed by atoms with Crippen molar-refractivity contribution < 1.29 is 22.7 Å². The van der Waals surface area contributed by atoms with E-state index in [0.29, 0.717) is 11.4 Å². The molecule has 0 radical (unpaired) electrons. The third kappa shape index (κ3) is 5.92. The molecule has 1 aromatic rings. The van der Waals surface area contributed by atoms with Gasteiger partial charge in [0.25, 0.3) is 0 Å². The van der Waals surface area contributed by atoms with E-state index in [4.69, 9.17) is 15.2 Å². The van der Waals surface area contributed by atoms with Gasteiger partial charge in [0.2, 0.25) is 0 Å².